The molecule has 1 aromatic heterocycles. The molecule has 7 heteroatoms. The van der Waals surface area contributed by atoms with Crippen molar-refractivity contribution < 1.29 is 14.3 Å². The molecule has 0 radical (unpaired) electrons. The van der Waals surface area contributed by atoms with Gasteiger partial charge < -0.3 is 25.5 Å². The second-order valence-electron chi connectivity index (χ2n) is 4.74. The Kier molecular flexibility index (Phi) is 7.01. The molecule has 0 spiro atoms. The van der Waals surface area contributed by atoms with E-state index < -0.39 is 0 Å². The molecular formula is C15H22ClN3O3. The maximum absolute atomic E-state index is 11.0. The minimum Gasteiger partial charge on any atom is -0.497 e. The van der Waals surface area contributed by atoms with Crippen LogP contribution in [-0.4, -0.2) is 38.2 Å². The lowest BCUT2D eigenvalue weighted by molar-refractivity contribution is -0.119. The van der Waals surface area contributed by atoms with Crippen LogP contribution in [0.15, 0.2) is 18.2 Å². The van der Waals surface area contributed by atoms with Crippen molar-refractivity contribution in [3.8, 4) is 11.5 Å². The highest BCUT2D eigenvalue weighted by Crippen LogP contribution is 2.31. The average Bonchev–Trinajstić information content (AvgIpc) is 2.92. The molecule has 0 saturated carbocycles. The van der Waals surface area contributed by atoms with Gasteiger partial charge in [-0.2, -0.15) is 0 Å². The normalized spacial score (nSPS) is 10.1. The van der Waals surface area contributed by atoms with Crippen LogP contribution in [-0.2, 0) is 11.2 Å². The molecule has 122 valence electrons. The largest absolute Gasteiger partial charge is 0.497 e. The van der Waals surface area contributed by atoms with Crippen molar-refractivity contribution in [1.82, 2.24) is 10.3 Å². The lowest BCUT2D eigenvalue weighted by Crippen LogP contribution is -2.31. The monoisotopic (exact) mass is 327 g/mol. The summed E-state index contributed by atoms with van der Waals surface area (Å²) in [5.74, 6) is 1.41. The molecule has 0 fully saturated rings. The van der Waals surface area contributed by atoms with Crippen molar-refractivity contribution in [1.29, 1.82) is 0 Å². The summed E-state index contributed by atoms with van der Waals surface area (Å²) in [6.07, 6.45) is 1.68. The van der Waals surface area contributed by atoms with E-state index in [-0.39, 0.29) is 24.9 Å². The van der Waals surface area contributed by atoms with E-state index in [1.165, 1.54) is 0 Å². The third-order valence-electron chi connectivity index (χ3n) is 3.32. The Labute approximate surface area is 135 Å². The highest BCUT2D eigenvalue weighted by Gasteiger charge is 2.09. The van der Waals surface area contributed by atoms with Crippen molar-refractivity contribution >= 4 is 29.2 Å². The van der Waals surface area contributed by atoms with E-state index in [0.29, 0.717) is 6.54 Å². The number of benzene rings is 1. The van der Waals surface area contributed by atoms with E-state index >= 15 is 0 Å². The lowest BCUT2D eigenvalue weighted by atomic mass is 10.2. The lowest BCUT2D eigenvalue weighted by Gasteiger charge is -2.04. The number of aromatic amines is 1. The van der Waals surface area contributed by atoms with Crippen molar-refractivity contribution in [2.24, 2.45) is 5.73 Å². The number of methoxy groups -OCH3 is 2. The third-order valence-corrected chi connectivity index (χ3v) is 3.32. The van der Waals surface area contributed by atoms with Gasteiger partial charge >= 0.3 is 0 Å². The van der Waals surface area contributed by atoms with Crippen LogP contribution >= 0.6 is 12.4 Å². The summed E-state index contributed by atoms with van der Waals surface area (Å²) in [5.41, 5.74) is 7.31. The van der Waals surface area contributed by atoms with Crippen LogP contribution in [0.25, 0.3) is 10.9 Å². The molecular weight excluding hydrogens is 306 g/mol. The number of amides is 1. The number of aryl methyl sites for hydroxylation is 1. The van der Waals surface area contributed by atoms with Crippen molar-refractivity contribution in [2.45, 2.75) is 12.8 Å². The topological polar surface area (TPSA) is 89.4 Å². The molecule has 0 unspecified atom stereocenters. The summed E-state index contributed by atoms with van der Waals surface area (Å²) < 4.78 is 10.6. The van der Waals surface area contributed by atoms with Gasteiger partial charge in [0.2, 0.25) is 5.91 Å². The first kappa shape index (κ1) is 18.1. The first-order chi connectivity index (χ1) is 10.2. The second kappa shape index (κ2) is 8.51. The number of nitrogens with one attached hydrogen (secondary N) is 2. The predicted molar refractivity (Wildman–Crippen MR) is 89.0 cm³/mol. The van der Waals surface area contributed by atoms with E-state index in [1.54, 1.807) is 14.2 Å². The second-order valence-corrected chi connectivity index (χ2v) is 4.74. The summed E-state index contributed by atoms with van der Waals surface area (Å²) in [7, 11) is 3.27. The van der Waals surface area contributed by atoms with Gasteiger partial charge in [-0.05, 0) is 18.9 Å². The van der Waals surface area contributed by atoms with E-state index in [0.717, 1.165) is 40.9 Å². The highest BCUT2D eigenvalue weighted by molar-refractivity contribution is 5.88. The number of aromatic nitrogens is 1. The number of nitrogens with two attached hydrogens (primary N) is 1. The highest BCUT2D eigenvalue weighted by atomic mass is 35.5. The van der Waals surface area contributed by atoms with E-state index in [2.05, 4.69) is 16.4 Å². The maximum atomic E-state index is 11.0. The molecule has 0 aliphatic rings. The predicted octanol–water partition coefficient (Wildman–Crippen LogP) is 1.61. The number of hydrogen-bond acceptors (Lipinski definition) is 4. The summed E-state index contributed by atoms with van der Waals surface area (Å²) in [6, 6.07) is 5.87. The third kappa shape index (κ3) is 4.29. The van der Waals surface area contributed by atoms with Crippen molar-refractivity contribution in [3.05, 3.63) is 23.9 Å². The Morgan fingerprint density at radius 3 is 2.68 bits per heavy atom. The van der Waals surface area contributed by atoms with Gasteiger partial charge in [-0.15, -0.1) is 12.4 Å². The first-order valence-electron chi connectivity index (χ1n) is 6.88. The van der Waals surface area contributed by atoms with Crippen LogP contribution < -0.4 is 20.5 Å². The molecule has 4 N–H and O–H groups in total. The van der Waals surface area contributed by atoms with Gasteiger partial charge in [0.1, 0.15) is 11.5 Å². The Morgan fingerprint density at radius 1 is 1.27 bits per heavy atom. The van der Waals surface area contributed by atoms with Crippen LogP contribution in [0.4, 0.5) is 0 Å². The SMILES string of the molecule is COc1cc(OC)c2cc(CCCNC(=O)CN)[nH]c2c1.Cl. The number of fused-ring (bicyclic) bond motifs is 1. The number of ether oxygens (including phenoxy) is 2. The number of H-pyrrole nitrogens is 1. The van der Waals surface area contributed by atoms with Crippen molar-refractivity contribution in [2.75, 3.05) is 27.3 Å². The Hall–Kier alpha value is -1.92. The van der Waals surface area contributed by atoms with Gasteiger partial charge in [-0.25, -0.2) is 0 Å². The first-order valence-corrected chi connectivity index (χ1v) is 6.88. The summed E-state index contributed by atoms with van der Waals surface area (Å²) in [5, 5.41) is 3.78. The van der Waals surface area contributed by atoms with E-state index in [1.807, 2.05) is 12.1 Å². The average molecular weight is 328 g/mol. The van der Waals surface area contributed by atoms with Crippen LogP contribution in [0.3, 0.4) is 0 Å². The van der Waals surface area contributed by atoms with Gasteiger partial charge in [0.05, 0.1) is 26.3 Å². The molecule has 0 saturated heterocycles. The van der Waals surface area contributed by atoms with Gasteiger partial charge in [-0.1, -0.05) is 0 Å². The molecule has 6 nitrogen and oxygen atoms in total. The van der Waals surface area contributed by atoms with Gasteiger partial charge in [0.25, 0.3) is 0 Å². The van der Waals surface area contributed by atoms with Crippen LogP contribution in [0, 0.1) is 0 Å². The Balaban J connectivity index is 0.00000242. The molecule has 0 aliphatic carbocycles. The van der Waals surface area contributed by atoms with Crippen LogP contribution in [0.2, 0.25) is 0 Å². The van der Waals surface area contributed by atoms with Gasteiger partial charge in [-0.3, -0.25) is 4.79 Å². The van der Waals surface area contributed by atoms with Gasteiger partial charge in [0.15, 0.2) is 0 Å². The standard InChI is InChI=1S/C15H21N3O3.ClH/c1-20-11-7-13-12(14(8-11)21-2)6-10(18-13)4-3-5-17-15(19)9-16;/h6-8,18H,3-5,9,16H2,1-2H3,(H,17,19);1H. The fourth-order valence-electron chi connectivity index (χ4n) is 2.24. The molecule has 1 aromatic carbocycles. The molecule has 22 heavy (non-hydrogen) atoms. The molecule has 0 aliphatic heterocycles. The van der Waals surface area contributed by atoms with Crippen molar-refractivity contribution in [3.63, 3.8) is 0 Å². The van der Waals surface area contributed by atoms with Gasteiger partial charge in [0, 0.05) is 29.8 Å². The van der Waals surface area contributed by atoms with E-state index in [9.17, 15) is 4.79 Å². The number of carbonyl (C=O) groups excluding carboxylic acids is 1. The number of hydrogen-bond donors (Lipinski definition) is 3. The molecule has 1 heterocycles. The number of rotatable bonds is 7. The minimum absolute atomic E-state index is 0. The Bertz CT molecular complexity index is 628. The maximum Gasteiger partial charge on any atom is 0.233 e. The fraction of sp³-hybridized carbons (Fsp3) is 0.400. The number of halogens is 1. The number of carbonyl (C=O) groups is 1. The molecule has 0 bridgehead atoms. The van der Waals surface area contributed by atoms with Crippen LogP contribution in [0.1, 0.15) is 12.1 Å². The quantitative estimate of drug-likeness (QED) is 0.674. The molecule has 1 amide bonds. The molecule has 2 rings (SSSR count). The summed E-state index contributed by atoms with van der Waals surface area (Å²) >= 11 is 0. The fourth-order valence-corrected chi connectivity index (χ4v) is 2.24. The zero-order chi connectivity index (χ0) is 15.2. The smallest absolute Gasteiger partial charge is 0.233 e. The summed E-state index contributed by atoms with van der Waals surface area (Å²) in [4.78, 5) is 14.4. The minimum atomic E-state index is -0.127. The molecule has 2 aromatic rings. The van der Waals surface area contributed by atoms with Crippen LogP contribution in [0.5, 0.6) is 11.5 Å². The van der Waals surface area contributed by atoms with E-state index in [4.69, 9.17) is 15.2 Å². The zero-order valence-corrected chi connectivity index (χ0v) is 13.6. The summed E-state index contributed by atoms with van der Waals surface area (Å²) in [6.45, 7) is 0.648. The zero-order valence-electron chi connectivity index (χ0n) is 12.8. The Morgan fingerprint density at radius 2 is 2.05 bits per heavy atom. The molecule has 0 atom stereocenters.